The Labute approximate surface area is 82.5 Å². The van der Waals surface area contributed by atoms with Gasteiger partial charge in [-0.1, -0.05) is 12.1 Å². The van der Waals surface area contributed by atoms with Gasteiger partial charge in [-0.25, -0.2) is 4.79 Å². The van der Waals surface area contributed by atoms with Crippen molar-refractivity contribution < 1.29 is 4.79 Å². The first-order valence-corrected chi connectivity index (χ1v) is 5.04. The second-order valence-electron chi connectivity index (χ2n) is 3.92. The first kappa shape index (κ1) is 7.85. The Morgan fingerprint density at radius 2 is 2.29 bits per heavy atom. The van der Waals surface area contributed by atoms with E-state index in [0.29, 0.717) is 0 Å². The highest BCUT2D eigenvalue weighted by molar-refractivity contribution is 5.93. The number of urea groups is 1. The van der Waals surface area contributed by atoms with Gasteiger partial charge in [0.2, 0.25) is 0 Å². The van der Waals surface area contributed by atoms with E-state index in [1.165, 1.54) is 17.5 Å². The van der Waals surface area contributed by atoms with E-state index in [2.05, 4.69) is 16.7 Å². The second kappa shape index (κ2) is 2.74. The van der Waals surface area contributed by atoms with Gasteiger partial charge in [0, 0.05) is 11.3 Å². The quantitative estimate of drug-likeness (QED) is 0.643. The molecule has 3 heteroatoms. The monoisotopic (exact) mass is 188 g/mol. The van der Waals surface area contributed by atoms with Gasteiger partial charge in [-0.15, -0.1) is 0 Å². The minimum atomic E-state index is -0.0680. The Kier molecular flexibility index (Phi) is 1.54. The molecule has 1 aliphatic carbocycles. The summed E-state index contributed by atoms with van der Waals surface area (Å²) in [4.78, 5) is 11.3. The minimum Gasteiger partial charge on any atom is -0.331 e. The normalized spacial score (nSPS) is 23.4. The molecule has 0 radical (unpaired) electrons. The predicted octanol–water partition coefficient (Wildman–Crippen LogP) is 2.20. The lowest BCUT2D eigenvalue weighted by atomic mass is 9.85. The van der Waals surface area contributed by atoms with Crippen molar-refractivity contribution in [1.29, 1.82) is 0 Å². The largest absolute Gasteiger partial charge is 0.331 e. The molecule has 2 aliphatic rings. The molecule has 1 aromatic carbocycles. The third-order valence-corrected chi connectivity index (χ3v) is 3.04. The molecule has 0 saturated carbocycles. The molecule has 2 amide bonds. The van der Waals surface area contributed by atoms with Crippen molar-refractivity contribution in [2.45, 2.75) is 25.3 Å². The molecule has 3 nitrogen and oxygen atoms in total. The van der Waals surface area contributed by atoms with Crippen LogP contribution in [0.4, 0.5) is 10.5 Å². The average molecular weight is 188 g/mol. The highest BCUT2D eigenvalue weighted by Gasteiger charge is 2.28. The molecule has 1 aliphatic heterocycles. The summed E-state index contributed by atoms with van der Waals surface area (Å²) >= 11 is 0. The number of aryl methyl sites for hydroxylation is 1. The van der Waals surface area contributed by atoms with E-state index in [4.69, 9.17) is 0 Å². The third-order valence-electron chi connectivity index (χ3n) is 3.04. The molecular weight excluding hydrogens is 176 g/mol. The summed E-state index contributed by atoms with van der Waals surface area (Å²) < 4.78 is 0. The fourth-order valence-corrected chi connectivity index (χ4v) is 2.45. The van der Waals surface area contributed by atoms with Crippen LogP contribution >= 0.6 is 0 Å². The fourth-order valence-electron chi connectivity index (χ4n) is 2.45. The standard InChI is InChI=1S/C11H12N2O/c14-11-12-8-5-1-3-7-4-2-6-9(13-11)10(7)8/h1,3,5,9H,2,4,6H2,(H2,12,13,14). The van der Waals surface area contributed by atoms with Gasteiger partial charge in [0.15, 0.2) is 0 Å². The summed E-state index contributed by atoms with van der Waals surface area (Å²) in [5.41, 5.74) is 3.68. The molecule has 72 valence electrons. The smallest absolute Gasteiger partial charge is 0.319 e. The molecular formula is C11H12N2O. The van der Waals surface area contributed by atoms with Gasteiger partial charge in [0.05, 0.1) is 6.04 Å². The van der Waals surface area contributed by atoms with E-state index < -0.39 is 0 Å². The van der Waals surface area contributed by atoms with Gasteiger partial charge < -0.3 is 10.6 Å². The van der Waals surface area contributed by atoms with Gasteiger partial charge in [-0.05, 0) is 30.9 Å². The van der Waals surface area contributed by atoms with E-state index in [9.17, 15) is 4.79 Å². The molecule has 2 N–H and O–H groups in total. The molecule has 0 saturated heterocycles. The van der Waals surface area contributed by atoms with Crippen molar-refractivity contribution in [3.8, 4) is 0 Å². The average Bonchev–Trinajstić information content (AvgIpc) is 2.18. The molecule has 14 heavy (non-hydrogen) atoms. The van der Waals surface area contributed by atoms with Gasteiger partial charge in [-0.3, -0.25) is 0 Å². The summed E-state index contributed by atoms with van der Waals surface area (Å²) in [5, 5.41) is 5.81. The number of anilines is 1. The van der Waals surface area contributed by atoms with Crippen LogP contribution in [0.25, 0.3) is 0 Å². The van der Waals surface area contributed by atoms with Gasteiger partial charge in [-0.2, -0.15) is 0 Å². The summed E-state index contributed by atoms with van der Waals surface area (Å²) in [6.07, 6.45) is 3.37. The lowest BCUT2D eigenvalue weighted by Crippen LogP contribution is -2.39. The minimum absolute atomic E-state index is 0.0680. The maximum Gasteiger partial charge on any atom is 0.319 e. The van der Waals surface area contributed by atoms with Crippen molar-refractivity contribution in [3.63, 3.8) is 0 Å². The van der Waals surface area contributed by atoms with Crippen LogP contribution in [0.2, 0.25) is 0 Å². The van der Waals surface area contributed by atoms with Gasteiger partial charge in [0.1, 0.15) is 0 Å². The molecule has 1 atom stereocenters. The molecule has 0 aromatic heterocycles. The van der Waals surface area contributed by atoms with E-state index >= 15 is 0 Å². The Morgan fingerprint density at radius 1 is 1.36 bits per heavy atom. The number of hydrogen-bond acceptors (Lipinski definition) is 1. The van der Waals surface area contributed by atoms with Crippen LogP contribution in [0.5, 0.6) is 0 Å². The molecule has 1 heterocycles. The van der Waals surface area contributed by atoms with Crippen molar-refractivity contribution in [3.05, 3.63) is 29.3 Å². The Hall–Kier alpha value is -1.51. The van der Waals surface area contributed by atoms with Gasteiger partial charge >= 0.3 is 6.03 Å². The highest BCUT2D eigenvalue weighted by Crippen LogP contribution is 2.37. The molecule has 3 rings (SSSR count). The van der Waals surface area contributed by atoms with E-state index in [0.717, 1.165) is 18.5 Å². The zero-order valence-electron chi connectivity index (χ0n) is 7.84. The van der Waals surface area contributed by atoms with E-state index in [1.54, 1.807) is 0 Å². The number of rotatable bonds is 0. The SMILES string of the molecule is O=C1Nc2cccc3c2C(CCC3)N1. The lowest BCUT2D eigenvalue weighted by Gasteiger charge is -2.32. The maximum atomic E-state index is 11.3. The molecule has 0 bridgehead atoms. The molecule has 0 spiro atoms. The molecule has 1 aromatic rings. The summed E-state index contributed by atoms with van der Waals surface area (Å²) in [7, 11) is 0. The maximum absolute atomic E-state index is 11.3. The van der Waals surface area contributed by atoms with E-state index in [-0.39, 0.29) is 12.1 Å². The second-order valence-corrected chi connectivity index (χ2v) is 3.92. The van der Waals surface area contributed by atoms with Crippen LogP contribution in [0.1, 0.15) is 30.0 Å². The third kappa shape index (κ3) is 1.02. The number of nitrogens with one attached hydrogen (secondary N) is 2. The topological polar surface area (TPSA) is 41.1 Å². The zero-order valence-corrected chi connectivity index (χ0v) is 7.84. The first-order valence-electron chi connectivity index (χ1n) is 5.04. The summed E-state index contributed by atoms with van der Waals surface area (Å²) in [5.74, 6) is 0. The number of carbonyl (C=O) groups is 1. The number of hydrogen-bond donors (Lipinski definition) is 2. The summed E-state index contributed by atoms with van der Waals surface area (Å²) in [6, 6.07) is 6.33. The van der Waals surface area contributed by atoms with E-state index in [1.807, 2.05) is 12.1 Å². The van der Waals surface area contributed by atoms with Crippen LogP contribution < -0.4 is 10.6 Å². The zero-order chi connectivity index (χ0) is 9.54. The molecule has 1 unspecified atom stereocenters. The summed E-state index contributed by atoms with van der Waals surface area (Å²) in [6.45, 7) is 0. The van der Waals surface area contributed by atoms with Crippen LogP contribution in [0.3, 0.4) is 0 Å². The fraction of sp³-hybridized carbons (Fsp3) is 0.364. The Balaban J connectivity index is 2.18. The van der Waals surface area contributed by atoms with Crippen LogP contribution in [0.15, 0.2) is 18.2 Å². The van der Waals surface area contributed by atoms with Crippen molar-refractivity contribution >= 4 is 11.7 Å². The Morgan fingerprint density at radius 3 is 3.21 bits per heavy atom. The lowest BCUT2D eigenvalue weighted by molar-refractivity contribution is 0.245. The van der Waals surface area contributed by atoms with Crippen molar-refractivity contribution in [1.82, 2.24) is 5.32 Å². The number of benzene rings is 1. The van der Waals surface area contributed by atoms with Crippen molar-refractivity contribution in [2.24, 2.45) is 0 Å². The predicted molar refractivity (Wildman–Crippen MR) is 54.3 cm³/mol. The highest BCUT2D eigenvalue weighted by atomic mass is 16.2. The van der Waals surface area contributed by atoms with Crippen molar-refractivity contribution in [2.75, 3.05) is 5.32 Å². The Bertz CT molecular complexity index is 400. The van der Waals surface area contributed by atoms with Gasteiger partial charge in [0.25, 0.3) is 0 Å². The first-order chi connectivity index (χ1) is 6.84. The number of carbonyl (C=O) groups excluding carboxylic acids is 1. The number of amides is 2. The van der Waals surface area contributed by atoms with Crippen LogP contribution in [-0.4, -0.2) is 6.03 Å². The van der Waals surface area contributed by atoms with Crippen LogP contribution in [0, 0.1) is 0 Å². The van der Waals surface area contributed by atoms with Crippen LogP contribution in [-0.2, 0) is 6.42 Å². The molecule has 0 fully saturated rings.